The van der Waals surface area contributed by atoms with Crippen LogP contribution < -0.4 is 15.5 Å². The molecule has 0 spiro atoms. The normalized spacial score (nSPS) is 11.7. The van der Waals surface area contributed by atoms with Crippen LogP contribution in [0.25, 0.3) is 0 Å². The Kier molecular flexibility index (Phi) is 6.50. The lowest BCUT2D eigenvalue weighted by Gasteiger charge is -2.14. The average Bonchev–Trinajstić information content (AvgIpc) is 2.50. The molecule has 5 nitrogen and oxygen atoms in total. The van der Waals surface area contributed by atoms with Gasteiger partial charge in [0.05, 0.1) is 7.05 Å². The lowest BCUT2D eigenvalue weighted by Crippen LogP contribution is -3.11. The number of aryl methyl sites for hydroxylation is 1. The quantitative estimate of drug-likeness (QED) is 0.733. The maximum Gasteiger partial charge on any atom is 0.279 e. The lowest BCUT2D eigenvalue weighted by molar-refractivity contribution is -0.862. The highest BCUT2D eigenvalue weighted by Crippen LogP contribution is 2.19. The first kappa shape index (κ1) is 18.9. The van der Waals surface area contributed by atoms with Crippen molar-refractivity contribution < 1.29 is 18.9 Å². The molecule has 2 aromatic carbocycles. The molecule has 0 fully saturated rings. The van der Waals surface area contributed by atoms with Crippen LogP contribution in [0.15, 0.2) is 42.5 Å². The van der Waals surface area contributed by atoms with Crippen molar-refractivity contribution in [2.45, 2.75) is 6.92 Å². The first-order valence-electron chi connectivity index (χ1n) is 7.76. The van der Waals surface area contributed by atoms with E-state index in [0.717, 1.165) is 5.56 Å². The van der Waals surface area contributed by atoms with E-state index in [-0.39, 0.29) is 24.9 Å². The first-order valence-corrected chi connectivity index (χ1v) is 8.14. The fraction of sp³-hybridized carbons (Fsp3) is 0.222. The maximum atomic E-state index is 13.1. The molecular formula is C18H20ClFN3O2+. The van der Waals surface area contributed by atoms with Crippen LogP contribution in [-0.2, 0) is 9.59 Å². The van der Waals surface area contributed by atoms with Crippen molar-refractivity contribution in [1.29, 1.82) is 0 Å². The third-order valence-corrected chi connectivity index (χ3v) is 3.90. The maximum absolute atomic E-state index is 13.1. The highest BCUT2D eigenvalue weighted by atomic mass is 35.5. The van der Waals surface area contributed by atoms with Crippen molar-refractivity contribution in [3.8, 4) is 0 Å². The van der Waals surface area contributed by atoms with Crippen molar-refractivity contribution in [3.63, 3.8) is 0 Å². The smallest absolute Gasteiger partial charge is 0.279 e. The third kappa shape index (κ3) is 6.17. The molecule has 2 aromatic rings. The zero-order valence-electron chi connectivity index (χ0n) is 14.0. The Morgan fingerprint density at radius 3 is 2.20 bits per heavy atom. The second-order valence-corrected chi connectivity index (χ2v) is 6.29. The van der Waals surface area contributed by atoms with Crippen LogP contribution in [0.3, 0.4) is 0 Å². The molecule has 0 aliphatic heterocycles. The minimum absolute atomic E-state index is 0.0819. The van der Waals surface area contributed by atoms with E-state index in [0.29, 0.717) is 21.3 Å². The number of nitrogens with one attached hydrogen (secondary N) is 3. The molecule has 0 radical (unpaired) electrons. The molecule has 2 rings (SSSR count). The van der Waals surface area contributed by atoms with Crippen LogP contribution in [-0.4, -0.2) is 32.0 Å². The molecule has 132 valence electrons. The summed E-state index contributed by atoms with van der Waals surface area (Å²) in [5.41, 5.74) is 1.92. The topological polar surface area (TPSA) is 62.6 Å². The SMILES string of the molecule is Cc1ccc(NC(=O)C[NH+](C)CC(=O)Nc2cccc(F)c2)cc1Cl. The van der Waals surface area contributed by atoms with Gasteiger partial charge in [0.1, 0.15) is 5.82 Å². The van der Waals surface area contributed by atoms with Crippen LogP contribution in [0, 0.1) is 12.7 Å². The Balaban J connectivity index is 1.82. The van der Waals surface area contributed by atoms with E-state index in [1.54, 1.807) is 25.2 Å². The van der Waals surface area contributed by atoms with E-state index in [2.05, 4.69) is 10.6 Å². The van der Waals surface area contributed by atoms with Crippen molar-refractivity contribution in [3.05, 3.63) is 58.9 Å². The van der Waals surface area contributed by atoms with Gasteiger partial charge in [-0.15, -0.1) is 0 Å². The van der Waals surface area contributed by atoms with Gasteiger partial charge in [-0.3, -0.25) is 9.59 Å². The molecule has 2 amide bonds. The molecule has 0 aromatic heterocycles. The van der Waals surface area contributed by atoms with E-state index in [1.165, 1.54) is 18.2 Å². The summed E-state index contributed by atoms with van der Waals surface area (Å²) in [6.07, 6.45) is 0. The summed E-state index contributed by atoms with van der Waals surface area (Å²) in [7, 11) is 1.73. The third-order valence-electron chi connectivity index (χ3n) is 3.49. The Bertz CT molecular complexity index is 783. The monoisotopic (exact) mass is 364 g/mol. The van der Waals surface area contributed by atoms with E-state index >= 15 is 0 Å². The molecular weight excluding hydrogens is 345 g/mol. The molecule has 0 bridgehead atoms. The number of hydrogen-bond donors (Lipinski definition) is 3. The molecule has 25 heavy (non-hydrogen) atoms. The Hall–Kier alpha value is -2.44. The highest BCUT2D eigenvalue weighted by Gasteiger charge is 2.15. The lowest BCUT2D eigenvalue weighted by atomic mass is 10.2. The summed E-state index contributed by atoms with van der Waals surface area (Å²) >= 11 is 6.02. The van der Waals surface area contributed by atoms with Gasteiger partial charge >= 0.3 is 0 Å². The first-order chi connectivity index (χ1) is 11.8. The van der Waals surface area contributed by atoms with E-state index < -0.39 is 5.82 Å². The predicted molar refractivity (Wildman–Crippen MR) is 96.5 cm³/mol. The molecule has 0 heterocycles. The average molecular weight is 365 g/mol. The minimum atomic E-state index is -0.422. The van der Waals surface area contributed by atoms with Gasteiger partial charge in [0.25, 0.3) is 11.8 Å². The van der Waals surface area contributed by atoms with Gasteiger partial charge in [-0.1, -0.05) is 23.7 Å². The van der Waals surface area contributed by atoms with Crippen molar-refractivity contribution in [1.82, 2.24) is 0 Å². The number of amides is 2. The largest absolute Gasteiger partial charge is 0.322 e. The van der Waals surface area contributed by atoms with Crippen molar-refractivity contribution in [2.75, 3.05) is 30.8 Å². The van der Waals surface area contributed by atoms with Gasteiger partial charge in [0, 0.05) is 16.4 Å². The fourth-order valence-corrected chi connectivity index (χ4v) is 2.44. The molecule has 7 heteroatoms. The van der Waals surface area contributed by atoms with E-state index in [1.807, 2.05) is 13.0 Å². The van der Waals surface area contributed by atoms with Gasteiger partial charge in [-0.05, 0) is 42.8 Å². The molecule has 0 saturated carbocycles. The molecule has 1 unspecified atom stereocenters. The number of anilines is 2. The molecule has 3 N–H and O–H groups in total. The Morgan fingerprint density at radius 2 is 1.64 bits per heavy atom. The number of halogens is 2. The van der Waals surface area contributed by atoms with Gasteiger partial charge in [-0.2, -0.15) is 0 Å². The second kappa shape index (κ2) is 8.60. The van der Waals surface area contributed by atoms with Crippen molar-refractivity contribution >= 4 is 34.8 Å². The van der Waals surface area contributed by atoms with Crippen LogP contribution >= 0.6 is 11.6 Å². The number of hydrogen-bond acceptors (Lipinski definition) is 2. The summed E-state index contributed by atoms with van der Waals surface area (Å²) in [4.78, 5) is 24.7. The number of carbonyl (C=O) groups excluding carboxylic acids is 2. The zero-order chi connectivity index (χ0) is 18.4. The summed E-state index contributed by atoms with van der Waals surface area (Å²) in [6.45, 7) is 2.07. The number of likely N-dealkylation sites (N-methyl/N-ethyl adjacent to an activating group) is 1. The number of quaternary nitrogens is 1. The van der Waals surface area contributed by atoms with Crippen LogP contribution in [0.2, 0.25) is 5.02 Å². The number of carbonyl (C=O) groups is 2. The van der Waals surface area contributed by atoms with Gasteiger partial charge in [0.15, 0.2) is 13.1 Å². The van der Waals surface area contributed by atoms with Crippen LogP contribution in [0.4, 0.5) is 15.8 Å². The highest BCUT2D eigenvalue weighted by molar-refractivity contribution is 6.31. The van der Waals surface area contributed by atoms with Gasteiger partial charge in [-0.25, -0.2) is 4.39 Å². The summed E-state index contributed by atoms with van der Waals surface area (Å²) < 4.78 is 13.1. The van der Waals surface area contributed by atoms with Crippen molar-refractivity contribution in [2.24, 2.45) is 0 Å². The minimum Gasteiger partial charge on any atom is -0.322 e. The zero-order valence-corrected chi connectivity index (χ0v) is 14.8. The summed E-state index contributed by atoms with van der Waals surface area (Å²) in [5, 5.41) is 5.92. The molecule has 0 aliphatic carbocycles. The molecule has 0 aliphatic rings. The number of rotatable bonds is 6. The van der Waals surface area contributed by atoms with Gasteiger partial charge < -0.3 is 15.5 Å². The summed E-state index contributed by atoms with van der Waals surface area (Å²) in [5.74, 6) is -0.945. The molecule has 0 saturated heterocycles. The number of benzene rings is 2. The second-order valence-electron chi connectivity index (χ2n) is 5.88. The van der Waals surface area contributed by atoms with E-state index in [9.17, 15) is 14.0 Å². The Morgan fingerprint density at radius 1 is 1.04 bits per heavy atom. The Labute approximate surface area is 150 Å². The summed E-state index contributed by atoms with van der Waals surface area (Å²) in [6, 6.07) is 10.9. The van der Waals surface area contributed by atoms with E-state index in [4.69, 9.17) is 11.6 Å². The predicted octanol–water partition coefficient (Wildman–Crippen LogP) is 1.88. The fourth-order valence-electron chi connectivity index (χ4n) is 2.26. The standard InChI is InChI=1S/C18H19ClFN3O2/c1-12-6-7-15(9-16(12)19)22-18(25)11-23(2)10-17(24)21-14-5-3-4-13(20)8-14/h3-9H,10-11H2,1-2H3,(H,21,24)(H,22,25)/p+1. The molecule has 1 atom stereocenters. The van der Waals surface area contributed by atoms with Crippen LogP contribution in [0.1, 0.15) is 5.56 Å². The van der Waals surface area contributed by atoms with Crippen LogP contribution in [0.5, 0.6) is 0 Å². The van der Waals surface area contributed by atoms with Gasteiger partial charge in [0.2, 0.25) is 0 Å².